The predicted octanol–water partition coefficient (Wildman–Crippen LogP) is 5.69. The second-order valence-electron chi connectivity index (χ2n) is 4.89. The normalized spacial score (nSPS) is 12.9. The monoisotopic (exact) mass is 301 g/mol. The molecule has 2 heterocycles. The zero-order valence-electron chi connectivity index (χ0n) is 11.8. The summed E-state index contributed by atoms with van der Waals surface area (Å²) in [4.78, 5) is 2.80. The molecule has 2 aromatic heterocycles. The van der Waals surface area contributed by atoms with Crippen molar-refractivity contribution < 1.29 is 0 Å². The molecule has 1 nitrogen and oxygen atoms in total. The Morgan fingerprint density at radius 2 is 2.00 bits per heavy atom. The first-order valence-corrected chi connectivity index (χ1v) is 8.82. The Morgan fingerprint density at radius 3 is 2.80 bits per heavy atom. The van der Waals surface area contributed by atoms with E-state index < -0.39 is 0 Å². The van der Waals surface area contributed by atoms with Crippen molar-refractivity contribution in [2.24, 2.45) is 0 Å². The summed E-state index contributed by atoms with van der Waals surface area (Å²) >= 11 is 3.72. The highest BCUT2D eigenvalue weighted by Crippen LogP contribution is 2.34. The van der Waals surface area contributed by atoms with Crippen molar-refractivity contribution in [3.63, 3.8) is 0 Å². The summed E-state index contributed by atoms with van der Waals surface area (Å²) in [5, 5.41) is 7.06. The zero-order chi connectivity index (χ0) is 13.9. The third kappa shape index (κ3) is 2.66. The maximum absolute atomic E-state index is 3.55. The van der Waals surface area contributed by atoms with Crippen LogP contribution in [0.15, 0.2) is 41.8 Å². The summed E-state index contributed by atoms with van der Waals surface area (Å²) in [6.45, 7) is 5.43. The van der Waals surface area contributed by atoms with Gasteiger partial charge in [-0.25, -0.2) is 0 Å². The van der Waals surface area contributed by atoms with Crippen molar-refractivity contribution in [2.75, 3.05) is 6.54 Å². The molecule has 0 aliphatic carbocycles. The number of nitrogens with one attached hydrogen (secondary N) is 1. The third-order valence-corrected chi connectivity index (χ3v) is 5.71. The van der Waals surface area contributed by atoms with Gasteiger partial charge in [0.2, 0.25) is 0 Å². The molecule has 1 N–H and O–H groups in total. The lowest BCUT2D eigenvalue weighted by Crippen LogP contribution is -2.18. The molecular formula is C17H19NS2. The summed E-state index contributed by atoms with van der Waals surface area (Å²) in [5.41, 5.74) is 1.33. The van der Waals surface area contributed by atoms with E-state index in [1.165, 1.54) is 25.4 Å². The summed E-state index contributed by atoms with van der Waals surface area (Å²) in [7, 11) is 0. The SMILES string of the molecule is CCNC(CC)c1ccc(-c2ccc3sccc3c2)s1. The van der Waals surface area contributed by atoms with Crippen LogP contribution in [0.4, 0.5) is 0 Å². The highest BCUT2D eigenvalue weighted by Gasteiger charge is 2.11. The van der Waals surface area contributed by atoms with E-state index in [0.717, 1.165) is 13.0 Å². The van der Waals surface area contributed by atoms with Crippen LogP contribution >= 0.6 is 22.7 Å². The lowest BCUT2D eigenvalue weighted by molar-refractivity contribution is 0.545. The Bertz CT molecular complexity index is 696. The minimum atomic E-state index is 0.489. The van der Waals surface area contributed by atoms with Crippen LogP contribution in [-0.2, 0) is 0 Å². The quantitative estimate of drug-likeness (QED) is 0.638. The van der Waals surface area contributed by atoms with Gasteiger partial charge in [0.15, 0.2) is 0 Å². The zero-order valence-corrected chi connectivity index (χ0v) is 13.5. The van der Waals surface area contributed by atoms with Crippen molar-refractivity contribution in [3.05, 3.63) is 46.7 Å². The Hall–Kier alpha value is -1.16. The molecule has 3 rings (SSSR count). The smallest absolute Gasteiger partial charge is 0.0412 e. The van der Waals surface area contributed by atoms with Gasteiger partial charge in [0.1, 0.15) is 0 Å². The highest BCUT2D eigenvalue weighted by atomic mass is 32.1. The van der Waals surface area contributed by atoms with Gasteiger partial charge in [-0.2, -0.15) is 0 Å². The molecule has 1 atom stereocenters. The Morgan fingerprint density at radius 1 is 1.10 bits per heavy atom. The van der Waals surface area contributed by atoms with Crippen molar-refractivity contribution >= 4 is 32.8 Å². The number of hydrogen-bond donors (Lipinski definition) is 1. The second-order valence-corrected chi connectivity index (χ2v) is 6.96. The molecule has 0 saturated heterocycles. The lowest BCUT2D eigenvalue weighted by atomic mass is 10.1. The van der Waals surface area contributed by atoms with E-state index in [1.807, 2.05) is 11.3 Å². The van der Waals surface area contributed by atoms with E-state index >= 15 is 0 Å². The van der Waals surface area contributed by atoms with Gasteiger partial charge in [-0.15, -0.1) is 22.7 Å². The lowest BCUT2D eigenvalue weighted by Gasteiger charge is -2.13. The average molecular weight is 301 g/mol. The highest BCUT2D eigenvalue weighted by molar-refractivity contribution is 7.17. The topological polar surface area (TPSA) is 12.0 Å². The van der Waals surface area contributed by atoms with Gasteiger partial charge in [0, 0.05) is 20.5 Å². The number of thiophene rings is 2. The fraction of sp³-hybridized carbons (Fsp3) is 0.294. The Kier molecular flexibility index (Phi) is 4.20. The predicted molar refractivity (Wildman–Crippen MR) is 91.8 cm³/mol. The van der Waals surface area contributed by atoms with Crippen LogP contribution in [0, 0.1) is 0 Å². The number of hydrogen-bond acceptors (Lipinski definition) is 3. The maximum atomic E-state index is 3.55. The van der Waals surface area contributed by atoms with E-state index in [2.05, 4.69) is 60.9 Å². The molecular weight excluding hydrogens is 282 g/mol. The fourth-order valence-corrected chi connectivity index (χ4v) is 4.44. The molecule has 0 saturated carbocycles. The third-order valence-electron chi connectivity index (χ3n) is 3.57. The number of benzene rings is 1. The summed E-state index contributed by atoms with van der Waals surface area (Å²) in [6.07, 6.45) is 1.14. The molecule has 3 heteroatoms. The summed E-state index contributed by atoms with van der Waals surface area (Å²) in [5.74, 6) is 0. The Balaban J connectivity index is 1.92. The molecule has 3 aromatic rings. The fourth-order valence-electron chi connectivity index (χ4n) is 2.51. The van der Waals surface area contributed by atoms with Crippen LogP contribution in [-0.4, -0.2) is 6.54 Å². The second kappa shape index (κ2) is 6.08. The molecule has 0 bridgehead atoms. The van der Waals surface area contributed by atoms with Crippen molar-refractivity contribution in [2.45, 2.75) is 26.3 Å². The van der Waals surface area contributed by atoms with Gasteiger partial charge in [-0.3, -0.25) is 0 Å². The van der Waals surface area contributed by atoms with E-state index in [-0.39, 0.29) is 0 Å². The molecule has 0 spiro atoms. The molecule has 0 aliphatic heterocycles. The van der Waals surface area contributed by atoms with Crippen molar-refractivity contribution in [3.8, 4) is 10.4 Å². The maximum Gasteiger partial charge on any atom is 0.0412 e. The molecule has 20 heavy (non-hydrogen) atoms. The first-order valence-electron chi connectivity index (χ1n) is 7.12. The largest absolute Gasteiger partial charge is 0.310 e. The molecule has 0 aliphatic rings. The van der Waals surface area contributed by atoms with Gasteiger partial charge in [-0.05, 0) is 59.6 Å². The van der Waals surface area contributed by atoms with E-state index in [9.17, 15) is 0 Å². The molecule has 104 valence electrons. The first-order chi connectivity index (χ1) is 9.81. The van der Waals surface area contributed by atoms with Gasteiger partial charge in [0.25, 0.3) is 0 Å². The van der Waals surface area contributed by atoms with Gasteiger partial charge in [0.05, 0.1) is 0 Å². The van der Waals surface area contributed by atoms with Crippen LogP contribution < -0.4 is 5.32 Å². The van der Waals surface area contributed by atoms with Crippen LogP contribution in [0.2, 0.25) is 0 Å². The van der Waals surface area contributed by atoms with Gasteiger partial charge < -0.3 is 5.32 Å². The minimum Gasteiger partial charge on any atom is -0.310 e. The average Bonchev–Trinajstić information content (AvgIpc) is 3.12. The van der Waals surface area contributed by atoms with Crippen LogP contribution in [0.25, 0.3) is 20.5 Å². The van der Waals surface area contributed by atoms with Crippen molar-refractivity contribution in [1.82, 2.24) is 5.32 Å². The van der Waals surface area contributed by atoms with Crippen LogP contribution in [0.5, 0.6) is 0 Å². The number of rotatable bonds is 5. The summed E-state index contributed by atoms with van der Waals surface area (Å²) < 4.78 is 1.37. The summed E-state index contributed by atoms with van der Waals surface area (Å²) in [6, 6.07) is 14.0. The van der Waals surface area contributed by atoms with Crippen LogP contribution in [0.1, 0.15) is 31.2 Å². The molecule has 1 aromatic carbocycles. The van der Waals surface area contributed by atoms with Gasteiger partial charge >= 0.3 is 0 Å². The molecule has 0 amide bonds. The number of fused-ring (bicyclic) bond motifs is 1. The standard InChI is InChI=1S/C17H19NS2/c1-3-14(18-4-2)17-8-7-16(20-17)12-5-6-15-13(11-12)9-10-19-15/h5-11,14,18H,3-4H2,1-2H3. The first kappa shape index (κ1) is 13.8. The van der Waals surface area contributed by atoms with Gasteiger partial charge in [-0.1, -0.05) is 19.9 Å². The van der Waals surface area contributed by atoms with E-state index in [0.29, 0.717) is 6.04 Å². The van der Waals surface area contributed by atoms with E-state index in [4.69, 9.17) is 0 Å². The Labute approximate surface area is 128 Å². The van der Waals surface area contributed by atoms with Crippen LogP contribution in [0.3, 0.4) is 0 Å². The molecule has 0 fully saturated rings. The minimum absolute atomic E-state index is 0.489. The molecule has 1 unspecified atom stereocenters. The molecule has 0 radical (unpaired) electrons. The van der Waals surface area contributed by atoms with E-state index in [1.54, 1.807) is 11.3 Å². The van der Waals surface area contributed by atoms with Crippen molar-refractivity contribution in [1.29, 1.82) is 0 Å².